The Labute approximate surface area is 159 Å². The second-order valence-corrected chi connectivity index (χ2v) is 6.46. The molecule has 2 aromatic heterocycles. The summed E-state index contributed by atoms with van der Waals surface area (Å²) in [5.74, 6) is 0.155. The molecule has 0 spiro atoms. The number of amides is 2. The molecule has 0 aliphatic carbocycles. The van der Waals surface area contributed by atoms with Crippen LogP contribution in [0.2, 0.25) is 0 Å². The molecule has 5 rings (SSSR count). The lowest BCUT2D eigenvalue weighted by atomic mass is 10.0. The molecule has 4 aromatic rings. The number of pyridine rings is 1. The van der Waals surface area contributed by atoms with Crippen molar-refractivity contribution in [3.05, 3.63) is 53.7 Å². The summed E-state index contributed by atoms with van der Waals surface area (Å²) < 4.78 is 10.8. The molecule has 0 bridgehead atoms. The highest BCUT2D eigenvalue weighted by Gasteiger charge is 2.34. The first-order valence-electron chi connectivity index (χ1n) is 8.65. The van der Waals surface area contributed by atoms with Gasteiger partial charge in [0.15, 0.2) is 11.5 Å². The van der Waals surface area contributed by atoms with E-state index in [4.69, 9.17) is 9.47 Å². The number of hydrogen-bond acceptors (Lipinski definition) is 5. The van der Waals surface area contributed by atoms with E-state index < -0.39 is 11.8 Å². The minimum Gasteiger partial charge on any atom is -0.493 e. The summed E-state index contributed by atoms with van der Waals surface area (Å²) in [5.41, 5.74) is 3.29. The van der Waals surface area contributed by atoms with Crippen LogP contribution in [0.5, 0.6) is 11.5 Å². The van der Waals surface area contributed by atoms with Crippen LogP contribution in [-0.2, 0) is 0 Å². The molecule has 2 amide bonds. The van der Waals surface area contributed by atoms with Crippen LogP contribution in [0.3, 0.4) is 0 Å². The van der Waals surface area contributed by atoms with Gasteiger partial charge in [-0.25, -0.2) is 4.98 Å². The number of fused-ring (bicyclic) bond motifs is 5. The summed E-state index contributed by atoms with van der Waals surface area (Å²) in [7, 11) is 3.11. The zero-order chi connectivity index (χ0) is 19.4. The van der Waals surface area contributed by atoms with Gasteiger partial charge in [-0.2, -0.15) is 0 Å². The predicted octanol–water partition coefficient (Wildman–Crippen LogP) is 3.28. The number of hydrogen-bond donors (Lipinski definition) is 2. The molecule has 28 heavy (non-hydrogen) atoms. The molecule has 2 aromatic carbocycles. The van der Waals surface area contributed by atoms with E-state index in [9.17, 15) is 9.59 Å². The highest BCUT2D eigenvalue weighted by atomic mass is 16.5. The number of aromatic nitrogens is 2. The van der Waals surface area contributed by atoms with Gasteiger partial charge in [0.25, 0.3) is 11.8 Å². The standard InChI is InChI=1S/C21H15N3O4/c1-27-13-8-11-12(9-14(13)28-2)22-18-15(11)16-19(21(26)24-20(16)25)23-17(18)10-6-4-3-5-7-10/h3-9,22H,1-2H3,(H,24,25,26). The van der Waals surface area contributed by atoms with E-state index in [1.54, 1.807) is 20.3 Å². The molecule has 0 radical (unpaired) electrons. The predicted molar refractivity (Wildman–Crippen MR) is 104 cm³/mol. The van der Waals surface area contributed by atoms with Gasteiger partial charge in [0.1, 0.15) is 5.69 Å². The van der Waals surface area contributed by atoms with Gasteiger partial charge in [-0.3, -0.25) is 14.9 Å². The van der Waals surface area contributed by atoms with E-state index in [-0.39, 0.29) is 11.3 Å². The molecule has 3 heterocycles. The largest absolute Gasteiger partial charge is 0.493 e. The van der Waals surface area contributed by atoms with E-state index in [2.05, 4.69) is 15.3 Å². The van der Waals surface area contributed by atoms with E-state index in [1.165, 1.54) is 0 Å². The summed E-state index contributed by atoms with van der Waals surface area (Å²) >= 11 is 0. The molecule has 138 valence electrons. The molecular formula is C21H15N3O4. The second kappa shape index (κ2) is 5.82. The van der Waals surface area contributed by atoms with Gasteiger partial charge < -0.3 is 14.5 Å². The normalized spacial score (nSPS) is 13.1. The smallest absolute Gasteiger partial charge is 0.277 e. The maximum Gasteiger partial charge on any atom is 0.277 e. The number of nitrogens with one attached hydrogen (secondary N) is 2. The number of carbonyl (C=O) groups is 2. The van der Waals surface area contributed by atoms with Crippen molar-refractivity contribution in [3.8, 4) is 22.8 Å². The van der Waals surface area contributed by atoms with E-state index in [0.717, 1.165) is 16.5 Å². The molecule has 1 aliphatic rings. The third kappa shape index (κ3) is 2.13. The van der Waals surface area contributed by atoms with Crippen molar-refractivity contribution in [3.63, 3.8) is 0 Å². The van der Waals surface area contributed by atoms with Crippen molar-refractivity contribution < 1.29 is 19.1 Å². The molecule has 0 unspecified atom stereocenters. The van der Waals surface area contributed by atoms with Crippen molar-refractivity contribution >= 4 is 33.6 Å². The number of methoxy groups -OCH3 is 2. The lowest BCUT2D eigenvalue weighted by molar-refractivity contribution is 0.0878. The minimum atomic E-state index is -0.492. The summed E-state index contributed by atoms with van der Waals surface area (Å²) in [5, 5.41) is 3.75. The van der Waals surface area contributed by atoms with Crippen LogP contribution < -0.4 is 14.8 Å². The molecule has 0 atom stereocenters. The van der Waals surface area contributed by atoms with Crippen LogP contribution in [0.25, 0.3) is 33.1 Å². The number of aromatic amines is 1. The first-order chi connectivity index (χ1) is 13.6. The fourth-order valence-corrected chi connectivity index (χ4v) is 3.72. The SMILES string of the molecule is COc1cc2[nH]c3c(-c4ccccc4)nc4c(c3c2cc1OC)C(=O)NC4=O. The van der Waals surface area contributed by atoms with Crippen LogP contribution in [0.4, 0.5) is 0 Å². The van der Waals surface area contributed by atoms with Crippen LogP contribution in [0.15, 0.2) is 42.5 Å². The Hall–Kier alpha value is -3.87. The van der Waals surface area contributed by atoms with Crippen molar-refractivity contribution in [2.75, 3.05) is 14.2 Å². The molecule has 7 heteroatoms. The van der Waals surface area contributed by atoms with Gasteiger partial charge in [0, 0.05) is 22.4 Å². The fraction of sp³-hybridized carbons (Fsp3) is 0.0952. The Kier molecular flexibility index (Phi) is 3.39. The summed E-state index contributed by atoms with van der Waals surface area (Å²) in [6.45, 7) is 0. The van der Waals surface area contributed by atoms with Gasteiger partial charge >= 0.3 is 0 Å². The maximum absolute atomic E-state index is 12.5. The molecule has 0 saturated carbocycles. The molecular weight excluding hydrogens is 358 g/mol. The van der Waals surface area contributed by atoms with Crippen molar-refractivity contribution in [1.29, 1.82) is 0 Å². The number of imide groups is 1. The Balaban J connectivity index is 1.98. The molecule has 1 aliphatic heterocycles. The Bertz CT molecular complexity index is 1290. The number of carbonyl (C=O) groups excluding carboxylic acids is 2. The Morgan fingerprint density at radius 2 is 1.61 bits per heavy atom. The van der Waals surface area contributed by atoms with Gasteiger partial charge in [-0.1, -0.05) is 30.3 Å². The van der Waals surface area contributed by atoms with Crippen molar-refractivity contribution in [2.24, 2.45) is 0 Å². The minimum absolute atomic E-state index is 0.132. The van der Waals surface area contributed by atoms with Crippen LogP contribution in [0, 0.1) is 0 Å². The monoisotopic (exact) mass is 373 g/mol. The third-order valence-corrected chi connectivity index (χ3v) is 4.97. The number of benzene rings is 2. The summed E-state index contributed by atoms with van der Waals surface area (Å²) in [6, 6.07) is 13.1. The second-order valence-electron chi connectivity index (χ2n) is 6.46. The van der Waals surface area contributed by atoms with Gasteiger partial charge in [0.05, 0.1) is 36.5 Å². The van der Waals surface area contributed by atoms with E-state index in [0.29, 0.717) is 28.1 Å². The van der Waals surface area contributed by atoms with Crippen molar-refractivity contribution in [1.82, 2.24) is 15.3 Å². The van der Waals surface area contributed by atoms with Crippen LogP contribution >= 0.6 is 0 Å². The van der Waals surface area contributed by atoms with Crippen molar-refractivity contribution in [2.45, 2.75) is 0 Å². The molecule has 0 fully saturated rings. The third-order valence-electron chi connectivity index (χ3n) is 4.97. The topological polar surface area (TPSA) is 93.3 Å². The highest BCUT2D eigenvalue weighted by molar-refractivity contribution is 6.30. The first-order valence-corrected chi connectivity index (χ1v) is 8.65. The first kappa shape index (κ1) is 16.3. The molecule has 7 nitrogen and oxygen atoms in total. The molecule has 0 saturated heterocycles. The summed E-state index contributed by atoms with van der Waals surface area (Å²) in [6.07, 6.45) is 0. The molecule has 2 N–H and O–H groups in total. The lowest BCUT2D eigenvalue weighted by Crippen LogP contribution is -2.20. The Morgan fingerprint density at radius 1 is 0.893 bits per heavy atom. The number of ether oxygens (including phenoxy) is 2. The van der Waals surface area contributed by atoms with Gasteiger partial charge in [0.2, 0.25) is 0 Å². The average molecular weight is 373 g/mol. The Morgan fingerprint density at radius 3 is 2.32 bits per heavy atom. The zero-order valence-electron chi connectivity index (χ0n) is 15.1. The van der Waals surface area contributed by atoms with Gasteiger partial charge in [-0.15, -0.1) is 0 Å². The number of H-pyrrole nitrogens is 1. The zero-order valence-corrected chi connectivity index (χ0v) is 15.1. The summed E-state index contributed by atoms with van der Waals surface area (Å²) in [4.78, 5) is 32.7. The maximum atomic E-state index is 12.5. The fourth-order valence-electron chi connectivity index (χ4n) is 3.72. The highest BCUT2D eigenvalue weighted by Crippen LogP contribution is 2.41. The lowest BCUT2D eigenvalue weighted by Gasteiger charge is -2.08. The van der Waals surface area contributed by atoms with Crippen LogP contribution in [0.1, 0.15) is 20.8 Å². The number of rotatable bonds is 3. The van der Waals surface area contributed by atoms with Crippen LogP contribution in [-0.4, -0.2) is 36.0 Å². The number of nitrogens with zero attached hydrogens (tertiary/aromatic N) is 1. The van der Waals surface area contributed by atoms with E-state index >= 15 is 0 Å². The quantitative estimate of drug-likeness (QED) is 0.538. The van der Waals surface area contributed by atoms with Gasteiger partial charge in [-0.05, 0) is 6.07 Å². The van der Waals surface area contributed by atoms with E-state index in [1.807, 2.05) is 36.4 Å². The average Bonchev–Trinajstić information content (AvgIpc) is 3.23.